The Morgan fingerprint density at radius 1 is 1.33 bits per heavy atom. The van der Waals surface area contributed by atoms with Gasteiger partial charge >= 0.3 is 0 Å². The lowest BCUT2D eigenvalue weighted by atomic mass is 9.64. The van der Waals surface area contributed by atoms with Crippen molar-refractivity contribution in [2.45, 2.75) is 27.6 Å². The molecule has 0 bridgehead atoms. The summed E-state index contributed by atoms with van der Waals surface area (Å²) in [6.45, 7) is 0. The van der Waals surface area contributed by atoms with Gasteiger partial charge in [-0.1, -0.05) is 51.2 Å². The molecule has 0 amide bonds. The van der Waals surface area contributed by atoms with Gasteiger partial charge in [0.1, 0.15) is 0 Å². The minimum atomic E-state index is -0.852. The van der Waals surface area contributed by atoms with Gasteiger partial charge < -0.3 is 4.52 Å². The molecule has 1 unspecified atom stereocenters. The molecule has 1 heterocycles. The van der Waals surface area contributed by atoms with E-state index in [1.54, 1.807) is 0 Å². The fourth-order valence-corrected chi connectivity index (χ4v) is 3.24. The quantitative estimate of drug-likeness (QED) is 0.418. The van der Waals surface area contributed by atoms with E-state index in [4.69, 9.17) is 27.7 Å². The molecule has 1 aromatic carbocycles. The first-order valence-electron chi connectivity index (χ1n) is 6.52. The molecule has 3 nitrogen and oxygen atoms in total. The second-order valence-electron chi connectivity index (χ2n) is 5.20. The normalized spacial score (nSPS) is 19.8. The van der Waals surface area contributed by atoms with Gasteiger partial charge in [0.25, 0.3) is 5.89 Å². The molecule has 1 aliphatic rings. The van der Waals surface area contributed by atoms with E-state index >= 15 is 0 Å². The predicted molar refractivity (Wildman–Crippen MR) is 95.3 cm³/mol. The van der Waals surface area contributed by atoms with Gasteiger partial charge in [-0.25, -0.2) is 0 Å². The average molecular weight is 502 g/mol. The lowest BCUT2D eigenvalue weighted by molar-refractivity contribution is 0.270. The Morgan fingerprint density at radius 2 is 2.00 bits per heavy atom. The Morgan fingerprint density at radius 3 is 2.52 bits per heavy atom. The maximum absolute atomic E-state index is 6.29. The van der Waals surface area contributed by atoms with Crippen LogP contribution in [0.15, 0.2) is 33.3 Å². The molecule has 112 valence electrons. The van der Waals surface area contributed by atoms with Gasteiger partial charge in [0.05, 0.1) is 11.3 Å². The molecule has 0 radical (unpaired) electrons. The number of rotatable bonds is 4. The average Bonchev–Trinajstić information content (AvgIpc) is 2.90. The lowest BCUT2D eigenvalue weighted by Gasteiger charge is -2.39. The molecule has 1 aliphatic carbocycles. The largest absolute Gasteiger partial charge is 0.336 e. The molecule has 1 aromatic heterocycles. The summed E-state index contributed by atoms with van der Waals surface area (Å²) >= 11 is 17.6. The SMILES string of the molecule is ClCC(Cl)(I)c1nc(C2(c3ccc(Br)cc3)CCC2)no1. The van der Waals surface area contributed by atoms with Crippen molar-refractivity contribution >= 4 is 61.7 Å². The molecular weight excluding hydrogens is 490 g/mol. The highest BCUT2D eigenvalue weighted by Gasteiger charge is 2.45. The van der Waals surface area contributed by atoms with Gasteiger partial charge in [0.2, 0.25) is 0 Å². The zero-order valence-electron chi connectivity index (χ0n) is 11.0. The third kappa shape index (κ3) is 2.86. The van der Waals surface area contributed by atoms with Crippen LogP contribution in [0.3, 0.4) is 0 Å². The molecule has 2 aromatic rings. The summed E-state index contributed by atoms with van der Waals surface area (Å²) in [5.74, 6) is 1.29. The van der Waals surface area contributed by atoms with Crippen molar-refractivity contribution in [3.05, 3.63) is 46.0 Å². The van der Waals surface area contributed by atoms with Crippen LogP contribution in [0.4, 0.5) is 0 Å². The van der Waals surface area contributed by atoms with Gasteiger partial charge in [-0.05, 0) is 53.1 Å². The fraction of sp³-hybridized carbons (Fsp3) is 0.429. The van der Waals surface area contributed by atoms with Crippen molar-refractivity contribution in [1.29, 1.82) is 0 Å². The van der Waals surface area contributed by atoms with E-state index in [0.717, 1.165) is 23.7 Å². The van der Waals surface area contributed by atoms with Crippen molar-refractivity contribution in [3.63, 3.8) is 0 Å². The highest BCUT2D eigenvalue weighted by molar-refractivity contribution is 14.1. The zero-order chi connectivity index (χ0) is 15.1. The maximum atomic E-state index is 6.29. The van der Waals surface area contributed by atoms with Crippen LogP contribution in [0.5, 0.6) is 0 Å². The maximum Gasteiger partial charge on any atom is 0.259 e. The van der Waals surface area contributed by atoms with E-state index in [-0.39, 0.29) is 11.3 Å². The van der Waals surface area contributed by atoms with Crippen LogP contribution < -0.4 is 0 Å². The Bertz CT molecular complexity index is 641. The first-order valence-corrected chi connectivity index (χ1v) is 9.31. The standard InChI is InChI=1S/C14H12BrCl2IN2O/c15-10-4-2-9(3-5-10)13(6-1-7-13)11-19-12(21-20-11)14(17,18)8-16/h2-5H,1,6-8H2. The fourth-order valence-electron chi connectivity index (χ4n) is 2.56. The molecule has 1 saturated carbocycles. The van der Waals surface area contributed by atoms with Crippen molar-refractivity contribution in [2.24, 2.45) is 0 Å². The minimum Gasteiger partial charge on any atom is -0.336 e. The van der Waals surface area contributed by atoms with Crippen molar-refractivity contribution in [3.8, 4) is 0 Å². The smallest absolute Gasteiger partial charge is 0.259 e. The second-order valence-corrected chi connectivity index (χ2v) is 9.51. The monoisotopic (exact) mass is 500 g/mol. The van der Waals surface area contributed by atoms with Crippen LogP contribution in [0, 0.1) is 0 Å². The topological polar surface area (TPSA) is 38.9 Å². The Hall–Kier alpha value is 0.150. The van der Waals surface area contributed by atoms with Crippen molar-refractivity contribution in [2.75, 3.05) is 5.88 Å². The van der Waals surface area contributed by atoms with Gasteiger partial charge in [-0.3, -0.25) is 0 Å². The molecule has 3 rings (SSSR count). The number of aromatic nitrogens is 2. The van der Waals surface area contributed by atoms with E-state index in [9.17, 15) is 0 Å². The molecule has 7 heteroatoms. The molecule has 0 saturated heterocycles. The van der Waals surface area contributed by atoms with E-state index in [2.05, 4.69) is 38.2 Å². The number of benzene rings is 1. The molecule has 1 atom stereocenters. The Balaban J connectivity index is 1.99. The highest BCUT2D eigenvalue weighted by Crippen LogP contribution is 2.48. The molecule has 0 spiro atoms. The highest BCUT2D eigenvalue weighted by atomic mass is 127. The summed E-state index contributed by atoms with van der Waals surface area (Å²) in [6.07, 6.45) is 3.20. The molecule has 21 heavy (non-hydrogen) atoms. The predicted octanol–water partition coefficient (Wildman–Crippen LogP) is 5.37. The number of nitrogens with zero attached hydrogens (tertiary/aromatic N) is 2. The number of alkyl halides is 3. The Kier molecular flexibility index (Phi) is 4.56. The third-order valence-electron chi connectivity index (χ3n) is 3.94. The lowest BCUT2D eigenvalue weighted by Crippen LogP contribution is -2.36. The summed E-state index contributed by atoms with van der Waals surface area (Å²) in [5, 5.41) is 4.18. The minimum absolute atomic E-state index is 0.154. The summed E-state index contributed by atoms with van der Waals surface area (Å²) in [5.41, 5.74) is 1.06. The van der Waals surface area contributed by atoms with Gasteiger partial charge in [-0.2, -0.15) is 4.98 Å². The summed E-state index contributed by atoms with van der Waals surface area (Å²) in [4.78, 5) is 4.53. The van der Waals surface area contributed by atoms with Gasteiger partial charge in [-0.15, -0.1) is 11.6 Å². The van der Waals surface area contributed by atoms with Crippen molar-refractivity contribution in [1.82, 2.24) is 10.1 Å². The Labute approximate surface area is 155 Å². The number of hydrogen-bond donors (Lipinski definition) is 0. The zero-order valence-corrected chi connectivity index (χ0v) is 16.2. The van der Waals surface area contributed by atoms with Crippen LogP contribution >= 0.6 is 61.7 Å². The van der Waals surface area contributed by atoms with E-state index in [1.165, 1.54) is 5.56 Å². The number of halogens is 4. The van der Waals surface area contributed by atoms with E-state index in [1.807, 2.05) is 34.7 Å². The molecule has 1 fully saturated rings. The van der Waals surface area contributed by atoms with Crippen LogP contribution in [0.1, 0.15) is 36.5 Å². The van der Waals surface area contributed by atoms with Crippen LogP contribution in [0.2, 0.25) is 0 Å². The molecular formula is C14H12BrCl2IN2O. The van der Waals surface area contributed by atoms with Gasteiger partial charge in [0, 0.05) is 4.47 Å². The van der Waals surface area contributed by atoms with Crippen LogP contribution in [0.25, 0.3) is 0 Å². The first kappa shape index (κ1) is 16.0. The molecule has 0 aliphatic heterocycles. The van der Waals surface area contributed by atoms with E-state index < -0.39 is 2.88 Å². The van der Waals surface area contributed by atoms with Crippen molar-refractivity contribution < 1.29 is 4.52 Å². The van der Waals surface area contributed by atoms with E-state index in [0.29, 0.717) is 11.7 Å². The second kappa shape index (κ2) is 5.98. The van der Waals surface area contributed by atoms with Crippen LogP contribution in [-0.2, 0) is 8.30 Å². The molecule has 0 N–H and O–H groups in total. The van der Waals surface area contributed by atoms with Gasteiger partial charge in [0.15, 0.2) is 8.71 Å². The summed E-state index contributed by atoms with van der Waals surface area (Å²) in [6, 6.07) is 8.30. The van der Waals surface area contributed by atoms with Crippen LogP contribution in [-0.4, -0.2) is 16.0 Å². The summed E-state index contributed by atoms with van der Waals surface area (Å²) < 4.78 is 5.56. The summed E-state index contributed by atoms with van der Waals surface area (Å²) in [7, 11) is 0. The number of hydrogen-bond acceptors (Lipinski definition) is 3. The first-order chi connectivity index (χ1) is 9.98. The third-order valence-corrected chi connectivity index (χ3v) is 6.59.